The Morgan fingerprint density at radius 2 is 1.71 bits per heavy atom. The summed E-state index contributed by atoms with van der Waals surface area (Å²) in [5, 5.41) is 4.90. The number of benzene rings is 3. The van der Waals surface area contributed by atoms with Crippen LogP contribution in [0.1, 0.15) is 11.1 Å². The number of methoxy groups -OCH3 is 3. The van der Waals surface area contributed by atoms with Crippen LogP contribution in [0.15, 0.2) is 66.9 Å². The molecule has 0 aliphatic rings. The number of nitrogens with one attached hydrogen (secondary N) is 2. The number of fused-ring (bicyclic) bond motifs is 1. The first-order valence-corrected chi connectivity index (χ1v) is 11.6. The quantitative estimate of drug-likeness (QED) is 0.289. The summed E-state index contributed by atoms with van der Waals surface area (Å²) in [6.45, 7) is 1.21. The van der Waals surface area contributed by atoms with E-state index in [1.807, 2.05) is 42.6 Å². The Morgan fingerprint density at radius 1 is 0.943 bits per heavy atom. The molecule has 0 aliphatic heterocycles. The van der Waals surface area contributed by atoms with Crippen molar-refractivity contribution < 1.29 is 18.6 Å². The molecule has 0 atom stereocenters. The van der Waals surface area contributed by atoms with Gasteiger partial charge in [0, 0.05) is 35.9 Å². The first-order chi connectivity index (χ1) is 17.0. The summed E-state index contributed by atoms with van der Waals surface area (Å²) in [5.41, 5.74) is 3.97. The normalized spacial score (nSPS) is 10.7. The summed E-state index contributed by atoms with van der Waals surface area (Å²) in [4.78, 5) is 5.41. The average Bonchev–Trinajstić information content (AvgIpc) is 3.29. The molecule has 2 N–H and O–H groups in total. The molecule has 0 radical (unpaired) electrons. The Hall–Kier alpha value is -3.78. The highest BCUT2D eigenvalue weighted by Crippen LogP contribution is 2.29. The van der Waals surface area contributed by atoms with E-state index in [4.69, 9.17) is 26.4 Å². The number of hydrogen-bond donors (Lipinski definition) is 2. The Balaban J connectivity index is 1.57. The van der Waals surface area contributed by atoms with Crippen LogP contribution >= 0.6 is 12.2 Å². The average molecular weight is 494 g/mol. The van der Waals surface area contributed by atoms with E-state index in [-0.39, 0.29) is 5.82 Å². The summed E-state index contributed by atoms with van der Waals surface area (Å²) in [7, 11) is 4.89. The zero-order valence-corrected chi connectivity index (χ0v) is 20.7. The maximum Gasteiger partial charge on any atom is 0.173 e. The molecule has 182 valence electrons. The van der Waals surface area contributed by atoms with E-state index in [1.165, 1.54) is 17.7 Å². The minimum atomic E-state index is -0.293. The van der Waals surface area contributed by atoms with Crippen LogP contribution in [0.4, 0.5) is 10.1 Å². The standard InChI is InChI=1S/C27H28FN3O3S/c1-32-22-9-10-24-23(15-22)19(16-29-24)12-13-31(27(35)30-21-7-5-20(28)6-8-21)17-18-4-11-25(33-2)26(14-18)34-3/h4-11,14-16,29H,12-13,17H2,1-3H3,(H,30,35). The smallest absolute Gasteiger partial charge is 0.173 e. The minimum absolute atomic E-state index is 0.293. The second-order valence-electron chi connectivity index (χ2n) is 8.02. The molecule has 0 saturated heterocycles. The van der Waals surface area contributed by atoms with Gasteiger partial charge in [-0.15, -0.1) is 0 Å². The van der Waals surface area contributed by atoms with E-state index in [0.29, 0.717) is 29.7 Å². The molecular weight excluding hydrogens is 465 g/mol. The van der Waals surface area contributed by atoms with Crippen LogP contribution in [-0.2, 0) is 13.0 Å². The molecule has 0 aliphatic carbocycles. The van der Waals surface area contributed by atoms with Crippen molar-refractivity contribution in [3.8, 4) is 17.2 Å². The van der Waals surface area contributed by atoms with Gasteiger partial charge in [0.05, 0.1) is 21.3 Å². The highest BCUT2D eigenvalue weighted by Gasteiger charge is 2.15. The summed E-state index contributed by atoms with van der Waals surface area (Å²) in [6, 6.07) is 18.0. The summed E-state index contributed by atoms with van der Waals surface area (Å²) < 4.78 is 29.6. The fourth-order valence-electron chi connectivity index (χ4n) is 3.93. The third kappa shape index (κ3) is 5.84. The number of thiocarbonyl (C=S) groups is 1. The topological polar surface area (TPSA) is 58.8 Å². The number of H-pyrrole nitrogens is 1. The van der Waals surface area contributed by atoms with Gasteiger partial charge in [-0.1, -0.05) is 6.07 Å². The molecule has 0 spiro atoms. The second kappa shape index (κ2) is 11.1. The monoisotopic (exact) mass is 493 g/mol. The first kappa shape index (κ1) is 24.3. The lowest BCUT2D eigenvalue weighted by molar-refractivity contribution is 0.353. The third-order valence-corrected chi connectivity index (χ3v) is 6.19. The van der Waals surface area contributed by atoms with E-state index >= 15 is 0 Å². The van der Waals surface area contributed by atoms with Crippen LogP contribution in [0.2, 0.25) is 0 Å². The maximum absolute atomic E-state index is 13.4. The van der Waals surface area contributed by atoms with Crippen LogP contribution < -0.4 is 19.5 Å². The Morgan fingerprint density at radius 3 is 2.43 bits per heavy atom. The number of nitrogens with zero attached hydrogens (tertiary/aromatic N) is 1. The Kier molecular flexibility index (Phi) is 7.72. The van der Waals surface area contributed by atoms with Crippen molar-refractivity contribution in [1.82, 2.24) is 9.88 Å². The van der Waals surface area contributed by atoms with Gasteiger partial charge in [-0.3, -0.25) is 0 Å². The number of aromatic amines is 1. The van der Waals surface area contributed by atoms with Gasteiger partial charge in [0.25, 0.3) is 0 Å². The number of ether oxygens (including phenoxy) is 3. The lowest BCUT2D eigenvalue weighted by Gasteiger charge is -2.26. The molecule has 0 unspecified atom stereocenters. The lowest BCUT2D eigenvalue weighted by Crippen LogP contribution is -2.35. The van der Waals surface area contributed by atoms with Crippen LogP contribution in [0, 0.1) is 5.82 Å². The molecule has 0 saturated carbocycles. The number of hydrogen-bond acceptors (Lipinski definition) is 4. The van der Waals surface area contributed by atoms with E-state index in [9.17, 15) is 4.39 Å². The molecule has 4 aromatic rings. The highest BCUT2D eigenvalue weighted by molar-refractivity contribution is 7.80. The van der Waals surface area contributed by atoms with Crippen molar-refractivity contribution in [2.45, 2.75) is 13.0 Å². The van der Waals surface area contributed by atoms with Crippen LogP contribution in [0.25, 0.3) is 10.9 Å². The van der Waals surface area contributed by atoms with Gasteiger partial charge < -0.3 is 29.4 Å². The summed E-state index contributed by atoms with van der Waals surface area (Å²) in [6.07, 6.45) is 2.78. The fourth-order valence-corrected chi connectivity index (χ4v) is 4.21. The van der Waals surface area contributed by atoms with Crippen LogP contribution in [-0.4, -0.2) is 42.9 Å². The molecule has 35 heavy (non-hydrogen) atoms. The second-order valence-corrected chi connectivity index (χ2v) is 8.41. The highest BCUT2D eigenvalue weighted by atomic mass is 32.1. The number of rotatable bonds is 9. The van der Waals surface area contributed by atoms with Crippen molar-refractivity contribution in [3.63, 3.8) is 0 Å². The molecule has 1 heterocycles. The molecule has 1 aromatic heterocycles. The SMILES string of the molecule is COc1ccc2[nH]cc(CCN(Cc3ccc(OC)c(OC)c3)C(=S)Nc3ccc(F)cc3)c2c1. The van der Waals surface area contributed by atoms with Crippen molar-refractivity contribution >= 4 is 33.9 Å². The Labute approximate surface area is 209 Å². The van der Waals surface area contributed by atoms with Gasteiger partial charge in [0.1, 0.15) is 11.6 Å². The van der Waals surface area contributed by atoms with E-state index in [2.05, 4.69) is 15.2 Å². The zero-order valence-electron chi connectivity index (χ0n) is 19.9. The van der Waals surface area contributed by atoms with Gasteiger partial charge in [-0.2, -0.15) is 0 Å². The minimum Gasteiger partial charge on any atom is -0.497 e. The van der Waals surface area contributed by atoms with Crippen LogP contribution in [0.5, 0.6) is 17.2 Å². The molecule has 6 nitrogen and oxygen atoms in total. The van der Waals surface area contributed by atoms with E-state index < -0.39 is 0 Å². The molecule has 0 bridgehead atoms. The molecule has 0 fully saturated rings. The fraction of sp³-hybridized carbons (Fsp3) is 0.222. The maximum atomic E-state index is 13.4. The van der Waals surface area contributed by atoms with Gasteiger partial charge in [-0.05, 0) is 84.4 Å². The third-order valence-electron chi connectivity index (χ3n) is 5.83. The van der Waals surface area contributed by atoms with Crippen LogP contribution in [0.3, 0.4) is 0 Å². The number of halogens is 1. The Bertz CT molecular complexity index is 1310. The van der Waals surface area contributed by atoms with E-state index in [0.717, 1.165) is 34.3 Å². The first-order valence-electron chi connectivity index (χ1n) is 11.2. The van der Waals surface area contributed by atoms with Gasteiger partial charge >= 0.3 is 0 Å². The van der Waals surface area contributed by atoms with E-state index in [1.54, 1.807) is 33.5 Å². The molecule has 0 amide bonds. The zero-order chi connectivity index (χ0) is 24.8. The van der Waals surface area contributed by atoms with Gasteiger partial charge in [0.15, 0.2) is 16.6 Å². The van der Waals surface area contributed by atoms with Gasteiger partial charge in [-0.25, -0.2) is 4.39 Å². The van der Waals surface area contributed by atoms with Crippen molar-refractivity contribution in [1.29, 1.82) is 0 Å². The number of anilines is 1. The molecule has 8 heteroatoms. The molecule has 3 aromatic carbocycles. The molecule has 4 rings (SSSR count). The van der Waals surface area contributed by atoms with Crippen molar-refractivity contribution in [3.05, 3.63) is 83.8 Å². The summed E-state index contributed by atoms with van der Waals surface area (Å²) >= 11 is 5.77. The van der Waals surface area contributed by atoms with Crippen molar-refractivity contribution in [2.75, 3.05) is 33.2 Å². The molecular formula is C27H28FN3O3S. The largest absolute Gasteiger partial charge is 0.497 e. The predicted octanol–water partition coefficient (Wildman–Crippen LogP) is 5.77. The predicted molar refractivity (Wildman–Crippen MR) is 141 cm³/mol. The number of aromatic nitrogens is 1. The summed E-state index contributed by atoms with van der Waals surface area (Å²) in [5.74, 6) is 1.85. The lowest BCUT2D eigenvalue weighted by atomic mass is 10.1. The van der Waals surface area contributed by atoms with Crippen molar-refractivity contribution in [2.24, 2.45) is 0 Å². The van der Waals surface area contributed by atoms with Gasteiger partial charge in [0.2, 0.25) is 0 Å².